The highest BCUT2D eigenvalue weighted by Crippen LogP contribution is 2.14. The molecule has 0 amide bonds. The largest absolute Gasteiger partial charge is 0.329 e. The molecule has 0 saturated carbocycles. The number of imidazole rings is 1. The van der Waals surface area contributed by atoms with E-state index in [9.17, 15) is 0 Å². The summed E-state index contributed by atoms with van der Waals surface area (Å²) in [6.45, 7) is 2.82. The third-order valence-electron chi connectivity index (χ3n) is 2.74. The van der Waals surface area contributed by atoms with Crippen molar-refractivity contribution in [1.29, 1.82) is 0 Å². The number of pyridine rings is 1. The molecule has 0 bridgehead atoms. The first-order valence-corrected chi connectivity index (χ1v) is 6.97. The molecule has 0 atom stereocenters. The SMILES string of the molecule is Cc1csc(CCn2c(=S)[nH]c3cccnc32)n1. The fourth-order valence-corrected chi connectivity index (χ4v) is 2.97. The van der Waals surface area contributed by atoms with Crippen molar-refractivity contribution in [3.63, 3.8) is 0 Å². The Balaban J connectivity index is 1.90. The molecular formula is C12H12N4S2. The van der Waals surface area contributed by atoms with Gasteiger partial charge in [0.2, 0.25) is 0 Å². The fourth-order valence-electron chi connectivity index (χ4n) is 1.92. The van der Waals surface area contributed by atoms with Crippen LogP contribution in [0.1, 0.15) is 10.7 Å². The number of thiazole rings is 1. The standard InChI is InChI=1S/C12H12N4S2/c1-8-7-18-10(14-8)4-6-16-11-9(15-12(16)17)3-2-5-13-11/h2-3,5,7H,4,6H2,1H3,(H,15,17). The normalized spacial score (nSPS) is 11.2. The lowest BCUT2D eigenvalue weighted by atomic mass is 10.4. The van der Waals surface area contributed by atoms with Gasteiger partial charge in [0.1, 0.15) is 0 Å². The van der Waals surface area contributed by atoms with E-state index in [0.29, 0.717) is 0 Å². The molecule has 3 rings (SSSR count). The van der Waals surface area contributed by atoms with Crippen LogP contribution in [0.15, 0.2) is 23.7 Å². The third-order valence-corrected chi connectivity index (χ3v) is 4.09. The van der Waals surface area contributed by atoms with Crippen LogP contribution in [-0.4, -0.2) is 19.5 Å². The Hall–Kier alpha value is -1.53. The van der Waals surface area contributed by atoms with E-state index < -0.39 is 0 Å². The average Bonchev–Trinajstić information content (AvgIpc) is 2.90. The van der Waals surface area contributed by atoms with Crippen LogP contribution in [0.2, 0.25) is 0 Å². The first kappa shape index (κ1) is 11.6. The minimum atomic E-state index is 0.719. The van der Waals surface area contributed by atoms with Gasteiger partial charge in [-0.2, -0.15) is 0 Å². The van der Waals surface area contributed by atoms with Gasteiger partial charge in [-0.3, -0.25) is 0 Å². The lowest BCUT2D eigenvalue weighted by Gasteiger charge is -2.01. The Kier molecular flexibility index (Phi) is 2.97. The topological polar surface area (TPSA) is 46.5 Å². The average molecular weight is 276 g/mol. The van der Waals surface area contributed by atoms with E-state index in [1.807, 2.05) is 23.6 Å². The highest BCUT2D eigenvalue weighted by molar-refractivity contribution is 7.71. The van der Waals surface area contributed by atoms with E-state index >= 15 is 0 Å². The highest BCUT2D eigenvalue weighted by atomic mass is 32.1. The summed E-state index contributed by atoms with van der Waals surface area (Å²) in [5, 5.41) is 3.21. The van der Waals surface area contributed by atoms with Crippen molar-refractivity contribution in [2.24, 2.45) is 0 Å². The number of aromatic amines is 1. The predicted octanol–water partition coefficient (Wildman–Crippen LogP) is 3.10. The Morgan fingerprint density at radius 2 is 2.39 bits per heavy atom. The Morgan fingerprint density at radius 3 is 3.17 bits per heavy atom. The van der Waals surface area contributed by atoms with Crippen LogP contribution >= 0.6 is 23.6 Å². The van der Waals surface area contributed by atoms with Crippen molar-refractivity contribution >= 4 is 34.7 Å². The van der Waals surface area contributed by atoms with E-state index in [2.05, 4.69) is 20.3 Å². The molecule has 0 saturated heterocycles. The van der Waals surface area contributed by atoms with Crippen LogP contribution < -0.4 is 0 Å². The van der Waals surface area contributed by atoms with Crippen molar-refractivity contribution in [3.05, 3.63) is 39.2 Å². The van der Waals surface area contributed by atoms with Crippen LogP contribution in [0.3, 0.4) is 0 Å². The van der Waals surface area contributed by atoms with Crippen molar-refractivity contribution in [2.75, 3.05) is 0 Å². The van der Waals surface area contributed by atoms with E-state index in [-0.39, 0.29) is 0 Å². The zero-order valence-electron chi connectivity index (χ0n) is 9.88. The highest BCUT2D eigenvalue weighted by Gasteiger charge is 2.06. The maximum Gasteiger partial charge on any atom is 0.179 e. The minimum absolute atomic E-state index is 0.719. The van der Waals surface area contributed by atoms with Gasteiger partial charge in [-0.15, -0.1) is 11.3 Å². The van der Waals surface area contributed by atoms with Crippen molar-refractivity contribution < 1.29 is 0 Å². The summed E-state index contributed by atoms with van der Waals surface area (Å²) in [7, 11) is 0. The maximum absolute atomic E-state index is 5.32. The molecule has 4 nitrogen and oxygen atoms in total. The molecule has 0 fully saturated rings. The molecule has 0 unspecified atom stereocenters. The number of hydrogen-bond donors (Lipinski definition) is 1. The van der Waals surface area contributed by atoms with Gasteiger partial charge in [0.15, 0.2) is 10.4 Å². The number of aryl methyl sites for hydroxylation is 3. The summed E-state index contributed by atoms with van der Waals surface area (Å²) in [6.07, 6.45) is 2.67. The quantitative estimate of drug-likeness (QED) is 0.748. The van der Waals surface area contributed by atoms with Crippen LogP contribution in [0.25, 0.3) is 11.2 Å². The first-order valence-electron chi connectivity index (χ1n) is 5.68. The lowest BCUT2D eigenvalue weighted by Crippen LogP contribution is -2.02. The predicted molar refractivity (Wildman–Crippen MR) is 75.5 cm³/mol. The second kappa shape index (κ2) is 4.62. The molecule has 0 aliphatic rings. The Morgan fingerprint density at radius 1 is 1.50 bits per heavy atom. The van der Waals surface area contributed by atoms with Crippen molar-refractivity contribution in [3.8, 4) is 0 Å². The van der Waals surface area contributed by atoms with Crippen LogP contribution in [0.4, 0.5) is 0 Å². The number of nitrogens with one attached hydrogen (secondary N) is 1. The molecule has 3 heterocycles. The second-order valence-corrected chi connectivity index (χ2v) is 5.42. The molecule has 0 radical (unpaired) electrons. The number of hydrogen-bond acceptors (Lipinski definition) is 4. The number of H-pyrrole nitrogens is 1. The molecule has 6 heteroatoms. The maximum atomic E-state index is 5.32. The monoisotopic (exact) mass is 276 g/mol. The van der Waals surface area contributed by atoms with Crippen molar-refractivity contribution in [1.82, 2.24) is 19.5 Å². The van der Waals surface area contributed by atoms with Gasteiger partial charge >= 0.3 is 0 Å². The summed E-state index contributed by atoms with van der Waals surface area (Å²) in [5.41, 5.74) is 2.98. The lowest BCUT2D eigenvalue weighted by molar-refractivity contribution is 0.697. The van der Waals surface area contributed by atoms with E-state index in [0.717, 1.165) is 39.6 Å². The summed E-state index contributed by atoms with van der Waals surface area (Å²) in [4.78, 5) is 12.0. The third kappa shape index (κ3) is 2.09. The van der Waals surface area contributed by atoms with Gasteiger partial charge in [0.25, 0.3) is 0 Å². The zero-order valence-corrected chi connectivity index (χ0v) is 11.5. The minimum Gasteiger partial charge on any atom is -0.329 e. The van der Waals surface area contributed by atoms with Gasteiger partial charge < -0.3 is 9.55 Å². The van der Waals surface area contributed by atoms with Crippen LogP contribution in [0, 0.1) is 11.7 Å². The number of rotatable bonds is 3. The number of aromatic nitrogens is 4. The van der Waals surface area contributed by atoms with Gasteiger partial charge in [0.05, 0.1) is 10.5 Å². The first-order chi connectivity index (χ1) is 8.74. The number of fused-ring (bicyclic) bond motifs is 1. The molecule has 3 aromatic rings. The molecule has 0 spiro atoms. The summed E-state index contributed by atoms with van der Waals surface area (Å²) in [5.74, 6) is 0. The molecule has 3 aromatic heterocycles. The molecular weight excluding hydrogens is 264 g/mol. The van der Waals surface area contributed by atoms with E-state index in [1.165, 1.54) is 0 Å². The van der Waals surface area contributed by atoms with Gasteiger partial charge in [-0.05, 0) is 31.3 Å². The van der Waals surface area contributed by atoms with Gasteiger partial charge in [0, 0.05) is 30.2 Å². The summed E-state index contributed by atoms with van der Waals surface area (Å²) in [6, 6.07) is 3.89. The number of nitrogens with zero attached hydrogens (tertiary/aromatic N) is 3. The Bertz CT molecular complexity index is 738. The molecule has 0 aliphatic heterocycles. The molecule has 0 aliphatic carbocycles. The van der Waals surface area contributed by atoms with E-state index in [4.69, 9.17) is 12.2 Å². The smallest absolute Gasteiger partial charge is 0.179 e. The van der Waals surface area contributed by atoms with Gasteiger partial charge in [-0.25, -0.2) is 9.97 Å². The van der Waals surface area contributed by atoms with Crippen LogP contribution in [-0.2, 0) is 13.0 Å². The molecule has 18 heavy (non-hydrogen) atoms. The van der Waals surface area contributed by atoms with E-state index in [1.54, 1.807) is 17.5 Å². The summed E-state index contributed by atoms with van der Waals surface area (Å²) >= 11 is 7.02. The van der Waals surface area contributed by atoms with Gasteiger partial charge in [-0.1, -0.05) is 0 Å². The summed E-state index contributed by atoms with van der Waals surface area (Å²) < 4.78 is 2.75. The van der Waals surface area contributed by atoms with Crippen molar-refractivity contribution in [2.45, 2.75) is 19.9 Å². The fraction of sp³-hybridized carbons (Fsp3) is 0.250. The molecule has 92 valence electrons. The van der Waals surface area contributed by atoms with Crippen LogP contribution in [0.5, 0.6) is 0 Å². The zero-order chi connectivity index (χ0) is 12.5. The molecule has 1 N–H and O–H groups in total. The Labute approximate surface area is 113 Å². The molecule has 0 aromatic carbocycles. The second-order valence-electron chi connectivity index (χ2n) is 4.09.